The van der Waals surface area contributed by atoms with Gasteiger partial charge in [0.1, 0.15) is 18.4 Å². The topological polar surface area (TPSA) is 71.5 Å². The molecule has 6 nitrogen and oxygen atoms in total. The van der Waals surface area contributed by atoms with E-state index >= 15 is 0 Å². The number of carbonyl (C=O) groups excluding carboxylic acids is 2. The van der Waals surface area contributed by atoms with Gasteiger partial charge in [0.05, 0.1) is 10.7 Å². The molecular formula is C21H25N3O3S. The predicted octanol–water partition coefficient (Wildman–Crippen LogP) is 3.03. The van der Waals surface area contributed by atoms with Gasteiger partial charge in [-0.1, -0.05) is 32.0 Å². The molecule has 1 aromatic carbocycles. The molecule has 0 spiro atoms. The van der Waals surface area contributed by atoms with Crippen LogP contribution in [0, 0.1) is 12.8 Å². The van der Waals surface area contributed by atoms with Crippen LogP contribution in [0.25, 0.3) is 6.08 Å². The Morgan fingerprint density at radius 3 is 2.93 bits per heavy atom. The molecule has 1 aliphatic rings. The van der Waals surface area contributed by atoms with Crippen LogP contribution in [-0.2, 0) is 16.2 Å². The van der Waals surface area contributed by atoms with Gasteiger partial charge < -0.3 is 15.0 Å². The lowest BCUT2D eigenvalue weighted by atomic mass is 9.99. The molecule has 2 amide bonds. The molecular weight excluding hydrogens is 374 g/mol. The Morgan fingerprint density at radius 1 is 1.43 bits per heavy atom. The smallest absolute Gasteiger partial charge is 0.247 e. The van der Waals surface area contributed by atoms with E-state index in [9.17, 15) is 9.59 Å². The van der Waals surface area contributed by atoms with Gasteiger partial charge in [-0.05, 0) is 25.0 Å². The van der Waals surface area contributed by atoms with Gasteiger partial charge in [-0.25, -0.2) is 4.98 Å². The fourth-order valence-corrected chi connectivity index (χ4v) is 3.82. The number of piperazine rings is 1. The third-order valence-electron chi connectivity index (χ3n) is 4.54. The van der Waals surface area contributed by atoms with Crippen molar-refractivity contribution in [2.75, 3.05) is 13.1 Å². The van der Waals surface area contributed by atoms with E-state index in [4.69, 9.17) is 4.74 Å². The second kappa shape index (κ2) is 9.01. The SMILES string of the molecule is Cc1nc(COc2ccccc2C=CC(=O)N2CCNC(=O)C2C(C)C)cs1. The Hall–Kier alpha value is -2.67. The second-order valence-corrected chi connectivity index (χ2v) is 8.09. The Morgan fingerprint density at radius 2 is 2.21 bits per heavy atom. The summed E-state index contributed by atoms with van der Waals surface area (Å²) in [6.45, 7) is 7.23. The average molecular weight is 400 g/mol. The molecule has 3 rings (SSSR count). The number of aromatic nitrogens is 1. The first-order valence-electron chi connectivity index (χ1n) is 9.35. The number of ether oxygens (including phenoxy) is 1. The molecule has 2 heterocycles. The average Bonchev–Trinajstić information content (AvgIpc) is 3.09. The number of carbonyl (C=O) groups is 2. The van der Waals surface area contributed by atoms with Crippen molar-refractivity contribution in [1.82, 2.24) is 15.2 Å². The summed E-state index contributed by atoms with van der Waals surface area (Å²) in [6, 6.07) is 7.12. The molecule has 2 aromatic rings. The standard InChI is InChI=1S/C21H25N3O3S/c1-14(2)20-21(26)22-10-11-24(20)19(25)9-8-16-6-4-5-7-18(16)27-12-17-13-28-15(3)23-17/h4-9,13-14,20H,10-12H2,1-3H3,(H,22,26). The van der Waals surface area contributed by atoms with Crippen molar-refractivity contribution in [3.63, 3.8) is 0 Å². The van der Waals surface area contributed by atoms with E-state index in [0.29, 0.717) is 25.4 Å². The Bertz CT molecular complexity index is 875. The zero-order valence-electron chi connectivity index (χ0n) is 16.3. The van der Waals surface area contributed by atoms with E-state index in [1.807, 2.05) is 50.4 Å². The lowest BCUT2D eigenvalue weighted by Gasteiger charge is -2.36. The third kappa shape index (κ3) is 4.78. The lowest BCUT2D eigenvalue weighted by Crippen LogP contribution is -2.58. The number of para-hydroxylation sites is 1. The van der Waals surface area contributed by atoms with E-state index in [1.165, 1.54) is 6.08 Å². The number of amides is 2. The normalized spacial score (nSPS) is 17.2. The van der Waals surface area contributed by atoms with Gasteiger partial charge in [0.2, 0.25) is 11.8 Å². The highest BCUT2D eigenvalue weighted by Crippen LogP contribution is 2.22. The summed E-state index contributed by atoms with van der Waals surface area (Å²) in [7, 11) is 0. The van der Waals surface area contributed by atoms with Crippen molar-refractivity contribution >= 4 is 29.2 Å². The van der Waals surface area contributed by atoms with Gasteiger partial charge in [-0.3, -0.25) is 9.59 Å². The van der Waals surface area contributed by atoms with Crippen LogP contribution in [-0.4, -0.2) is 40.8 Å². The fraction of sp³-hybridized carbons (Fsp3) is 0.381. The molecule has 28 heavy (non-hydrogen) atoms. The first kappa shape index (κ1) is 20.1. The predicted molar refractivity (Wildman–Crippen MR) is 110 cm³/mol. The van der Waals surface area contributed by atoms with Gasteiger partial charge >= 0.3 is 0 Å². The van der Waals surface area contributed by atoms with Gasteiger partial charge in [-0.15, -0.1) is 11.3 Å². The van der Waals surface area contributed by atoms with Gasteiger partial charge in [0, 0.05) is 30.1 Å². The zero-order chi connectivity index (χ0) is 20.1. The van der Waals surface area contributed by atoms with Gasteiger partial charge in [0.15, 0.2) is 0 Å². The first-order valence-corrected chi connectivity index (χ1v) is 10.2. The molecule has 0 bridgehead atoms. The van der Waals surface area contributed by atoms with Gasteiger partial charge in [-0.2, -0.15) is 0 Å². The largest absolute Gasteiger partial charge is 0.487 e. The van der Waals surface area contributed by atoms with Crippen LogP contribution in [0.1, 0.15) is 30.1 Å². The van der Waals surface area contributed by atoms with Crippen LogP contribution >= 0.6 is 11.3 Å². The maximum atomic E-state index is 12.7. The number of nitrogens with one attached hydrogen (secondary N) is 1. The first-order chi connectivity index (χ1) is 13.5. The molecule has 1 N–H and O–H groups in total. The van der Waals surface area contributed by atoms with Crippen molar-refractivity contribution in [2.45, 2.75) is 33.4 Å². The number of hydrogen-bond acceptors (Lipinski definition) is 5. The Labute approximate surface area is 169 Å². The lowest BCUT2D eigenvalue weighted by molar-refractivity contribution is -0.141. The maximum absolute atomic E-state index is 12.7. The van der Waals surface area contributed by atoms with Crippen LogP contribution < -0.4 is 10.1 Å². The van der Waals surface area contributed by atoms with Gasteiger partial charge in [0.25, 0.3) is 0 Å². The quantitative estimate of drug-likeness (QED) is 0.758. The number of hydrogen-bond donors (Lipinski definition) is 1. The highest BCUT2D eigenvalue weighted by atomic mass is 32.1. The minimum Gasteiger partial charge on any atom is -0.487 e. The van der Waals surface area contributed by atoms with E-state index in [1.54, 1.807) is 22.3 Å². The number of nitrogens with zero attached hydrogens (tertiary/aromatic N) is 2. The molecule has 148 valence electrons. The summed E-state index contributed by atoms with van der Waals surface area (Å²) >= 11 is 1.59. The minimum atomic E-state index is -0.440. The van der Waals surface area contributed by atoms with Crippen molar-refractivity contribution in [2.24, 2.45) is 5.92 Å². The van der Waals surface area contributed by atoms with Crippen molar-refractivity contribution in [1.29, 1.82) is 0 Å². The summed E-state index contributed by atoms with van der Waals surface area (Å²) in [5.74, 6) is 0.479. The molecule has 1 unspecified atom stereocenters. The molecule has 1 aliphatic heterocycles. The summed E-state index contributed by atoms with van der Waals surface area (Å²) in [5, 5.41) is 5.81. The van der Waals surface area contributed by atoms with E-state index in [2.05, 4.69) is 10.3 Å². The number of benzene rings is 1. The number of thiazole rings is 1. The molecule has 1 saturated heterocycles. The molecule has 1 atom stereocenters. The van der Waals surface area contributed by atoms with Crippen LogP contribution in [0.15, 0.2) is 35.7 Å². The summed E-state index contributed by atoms with van der Waals surface area (Å²) in [4.78, 5) is 30.9. The third-order valence-corrected chi connectivity index (χ3v) is 5.36. The maximum Gasteiger partial charge on any atom is 0.247 e. The van der Waals surface area contributed by atoms with Crippen LogP contribution in [0.5, 0.6) is 5.75 Å². The molecule has 1 fully saturated rings. The Kier molecular flexibility index (Phi) is 6.46. The highest BCUT2D eigenvalue weighted by Gasteiger charge is 2.34. The summed E-state index contributed by atoms with van der Waals surface area (Å²) in [6.07, 6.45) is 3.26. The summed E-state index contributed by atoms with van der Waals surface area (Å²) in [5.41, 5.74) is 1.70. The molecule has 7 heteroatoms. The molecule has 1 aromatic heterocycles. The molecule has 0 radical (unpaired) electrons. The van der Waals surface area contributed by atoms with E-state index in [0.717, 1.165) is 16.3 Å². The fourth-order valence-electron chi connectivity index (χ4n) is 3.23. The highest BCUT2D eigenvalue weighted by molar-refractivity contribution is 7.09. The van der Waals surface area contributed by atoms with E-state index < -0.39 is 6.04 Å². The van der Waals surface area contributed by atoms with Crippen LogP contribution in [0.2, 0.25) is 0 Å². The molecule has 0 saturated carbocycles. The Balaban J connectivity index is 1.71. The monoisotopic (exact) mass is 399 g/mol. The van der Waals surface area contributed by atoms with Crippen molar-refractivity contribution < 1.29 is 14.3 Å². The van der Waals surface area contributed by atoms with Crippen molar-refractivity contribution in [3.8, 4) is 5.75 Å². The number of aryl methyl sites for hydroxylation is 1. The summed E-state index contributed by atoms with van der Waals surface area (Å²) < 4.78 is 5.89. The van der Waals surface area contributed by atoms with E-state index in [-0.39, 0.29) is 17.7 Å². The van der Waals surface area contributed by atoms with Crippen LogP contribution in [0.3, 0.4) is 0 Å². The second-order valence-electron chi connectivity index (χ2n) is 7.03. The molecule has 0 aliphatic carbocycles. The zero-order valence-corrected chi connectivity index (χ0v) is 17.2. The minimum absolute atomic E-state index is 0.0508. The van der Waals surface area contributed by atoms with Crippen molar-refractivity contribution in [3.05, 3.63) is 52.0 Å². The number of rotatable bonds is 6. The van der Waals surface area contributed by atoms with Crippen LogP contribution in [0.4, 0.5) is 0 Å².